The van der Waals surface area contributed by atoms with Gasteiger partial charge < -0.3 is 10.2 Å². The van der Waals surface area contributed by atoms with Crippen LogP contribution < -0.4 is 10.2 Å². The Morgan fingerprint density at radius 2 is 2.38 bits per heavy atom. The second-order valence-corrected chi connectivity index (χ2v) is 3.11. The maximum atomic E-state index is 4.39. The molecular formula is C9H14N4. The minimum atomic E-state index is 0.729. The number of nitrogens with zero attached hydrogens (tertiary/aromatic N) is 3. The average molecular weight is 178 g/mol. The average Bonchev–Trinajstić information content (AvgIpc) is 2.02. The maximum absolute atomic E-state index is 4.39. The van der Waals surface area contributed by atoms with E-state index in [1.807, 2.05) is 13.0 Å². The van der Waals surface area contributed by atoms with Gasteiger partial charge in [0.25, 0.3) is 0 Å². The van der Waals surface area contributed by atoms with Crippen molar-refractivity contribution in [3.8, 4) is 0 Å². The van der Waals surface area contributed by atoms with E-state index >= 15 is 0 Å². The summed E-state index contributed by atoms with van der Waals surface area (Å²) in [6, 6.07) is 1.96. The van der Waals surface area contributed by atoms with Crippen LogP contribution in [0, 0.1) is 0 Å². The molecule has 0 bridgehead atoms. The zero-order chi connectivity index (χ0) is 9.10. The Kier molecular flexibility index (Phi) is 2.29. The number of anilines is 2. The van der Waals surface area contributed by atoms with Crippen LogP contribution in [0.15, 0.2) is 12.3 Å². The van der Waals surface area contributed by atoms with Crippen molar-refractivity contribution < 1.29 is 0 Å². The minimum absolute atomic E-state index is 0.729. The lowest BCUT2D eigenvalue weighted by atomic mass is 10.2. The Morgan fingerprint density at radius 1 is 1.54 bits per heavy atom. The Bertz CT molecular complexity index is 283. The fourth-order valence-corrected chi connectivity index (χ4v) is 1.31. The predicted molar refractivity (Wildman–Crippen MR) is 53.0 cm³/mol. The van der Waals surface area contributed by atoms with Gasteiger partial charge in [0.2, 0.25) is 5.95 Å². The fourth-order valence-electron chi connectivity index (χ4n) is 1.31. The molecule has 1 aliphatic heterocycles. The number of aromatic nitrogens is 2. The summed E-state index contributed by atoms with van der Waals surface area (Å²) in [6.07, 6.45) is 3.08. The highest BCUT2D eigenvalue weighted by atomic mass is 15.3. The molecule has 1 aromatic heterocycles. The Balaban J connectivity index is 2.11. The lowest BCUT2D eigenvalue weighted by Crippen LogP contribution is -2.37. The van der Waals surface area contributed by atoms with E-state index in [0.717, 1.165) is 31.4 Å². The number of nitrogens with one attached hydrogen (secondary N) is 1. The molecule has 13 heavy (non-hydrogen) atoms. The van der Waals surface area contributed by atoms with Crippen LogP contribution >= 0.6 is 0 Å². The lowest BCUT2D eigenvalue weighted by Gasteiger charge is -2.31. The summed E-state index contributed by atoms with van der Waals surface area (Å²) in [5.41, 5.74) is 0. The third kappa shape index (κ3) is 1.71. The summed E-state index contributed by atoms with van der Waals surface area (Å²) >= 11 is 0. The van der Waals surface area contributed by atoms with Gasteiger partial charge in [-0.25, -0.2) is 4.98 Å². The molecule has 1 aromatic rings. The summed E-state index contributed by atoms with van der Waals surface area (Å²) < 4.78 is 0. The molecule has 0 saturated carbocycles. The van der Waals surface area contributed by atoms with E-state index < -0.39 is 0 Å². The van der Waals surface area contributed by atoms with Gasteiger partial charge in [-0.3, -0.25) is 0 Å². The SMILES string of the molecule is CCNc1nccc(N2CCC2)n1. The van der Waals surface area contributed by atoms with Crippen molar-refractivity contribution in [2.24, 2.45) is 0 Å². The van der Waals surface area contributed by atoms with Gasteiger partial charge in [0, 0.05) is 25.8 Å². The summed E-state index contributed by atoms with van der Waals surface area (Å²) in [7, 11) is 0. The van der Waals surface area contributed by atoms with Gasteiger partial charge in [-0.15, -0.1) is 0 Å². The Morgan fingerprint density at radius 3 is 3.00 bits per heavy atom. The Labute approximate surface area is 78.0 Å². The molecular weight excluding hydrogens is 164 g/mol. The first-order valence-corrected chi connectivity index (χ1v) is 4.72. The largest absolute Gasteiger partial charge is 0.356 e. The van der Waals surface area contributed by atoms with Crippen molar-refractivity contribution in [3.63, 3.8) is 0 Å². The first kappa shape index (κ1) is 8.29. The van der Waals surface area contributed by atoms with Crippen LogP contribution in [0.2, 0.25) is 0 Å². The van der Waals surface area contributed by atoms with Crippen LogP contribution in [0.4, 0.5) is 11.8 Å². The molecule has 4 nitrogen and oxygen atoms in total. The van der Waals surface area contributed by atoms with Crippen LogP contribution in [0.5, 0.6) is 0 Å². The molecule has 1 aliphatic rings. The lowest BCUT2D eigenvalue weighted by molar-refractivity contribution is 0.609. The van der Waals surface area contributed by atoms with E-state index in [1.54, 1.807) is 6.20 Å². The topological polar surface area (TPSA) is 41.1 Å². The molecule has 0 unspecified atom stereocenters. The van der Waals surface area contributed by atoms with Gasteiger partial charge in [-0.1, -0.05) is 0 Å². The fraction of sp³-hybridized carbons (Fsp3) is 0.556. The highest BCUT2D eigenvalue weighted by molar-refractivity contribution is 5.44. The quantitative estimate of drug-likeness (QED) is 0.753. The van der Waals surface area contributed by atoms with Gasteiger partial charge in [-0.05, 0) is 19.4 Å². The van der Waals surface area contributed by atoms with Crippen LogP contribution in [0.25, 0.3) is 0 Å². The maximum Gasteiger partial charge on any atom is 0.224 e. The van der Waals surface area contributed by atoms with E-state index in [4.69, 9.17) is 0 Å². The van der Waals surface area contributed by atoms with E-state index in [1.165, 1.54) is 6.42 Å². The van der Waals surface area contributed by atoms with E-state index in [-0.39, 0.29) is 0 Å². The smallest absolute Gasteiger partial charge is 0.224 e. The molecule has 70 valence electrons. The monoisotopic (exact) mass is 178 g/mol. The van der Waals surface area contributed by atoms with Gasteiger partial charge in [0.1, 0.15) is 5.82 Å². The highest BCUT2D eigenvalue weighted by Gasteiger charge is 2.15. The van der Waals surface area contributed by atoms with Crippen molar-refractivity contribution in [3.05, 3.63) is 12.3 Å². The van der Waals surface area contributed by atoms with Crippen LogP contribution in [0.1, 0.15) is 13.3 Å². The van der Waals surface area contributed by atoms with Gasteiger partial charge >= 0.3 is 0 Å². The molecule has 0 radical (unpaired) electrons. The van der Waals surface area contributed by atoms with Crippen molar-refractivity contribution in [1.82, 2.24) is 9.97 Å². The zero-order valence-electron chi connectivity index (χ0n) is 7.82. The van der Waals surface area contributed by atoms with Gasteiger partial charge in [-0.2, -0.15) is 4.98 Å². The number of hydrogen-bond acceptors (Lipinski definition) is 4. The number of rotatable bonds is 3. The van der Waals surface area contributed by atoms with Crippen molar-refractivity contribution >= 4 is 11.8 Å². The molecule has 0 aliphatic carbocycles. The molecule has 0 spiro atoms. The Hall–Kier alpha value is -1.32. The molecule has 1 fully saturated rings. The van der Waals surface area contributed by atoms with Gasteiger partial charge in [0.05, 0.1) is 0 Å². The first-order chi connectivity index (χ1) is 6.40. The molecule has 1 N–H and O–H groups in total. The van der Waals surface area contributed by atoms with Crippen LogP contribution in [0.3, 0.4) is 0 Å². The molecule has 0 atom stereocenters. The summed E-state index contributed by atoms with van der Waals surface area (Å²) in [5.74, 6) is 1.77. The molecule has 0 amide bonds. The minimum Gasteiger partial charge on any atom is -0.356 e. The van der Waals surface area contributed by atoms with Crippen molar-refractivity contribution in [2.75, 3.05) is 29.9 Å². The standard InChI is InChI=1S/C9H14N4/c1-2-10-9-11-5-4-8(12-9)13-6-3-7-13/h4-5H,2-3,6-7H2,1H3,(H,10,11,12). The highest BCUT2D eigenvalue weighted by Crippen LogP contribution is 2.17. The molecule has 1 saturated heterocycles. The van der Waals surface area contributed by atoms with Crippen molar-refractivity contribution in [1.29, 1.82) is 0 Å². The normalized spacial score (nSPS) is 15.3. The van der Waals surface area contributed by atoms with E-state index in [9.17, 15) is 0 Å². The zero-order valence-corrected chi connectivity index (χ0v) is 7.82. The molecule has 0 aromatic carbocycles. The first-order valence-electron chi connectivity index (χ1n) is 4.72. The molecule has 2 heterocycles. The second-order valence-electron chi connectivity index (χ2n) is 3.11. The molecule has 4 heteroatoms. The predicted octanol–water partition coefficient (Wildman–Crippen LogP) is 1.12. The third-order valence-electron chi connectivity index (χ3n) is 2.16. The van der Waals surface area contributed by atoms with Gasteiger partial charge in [0.15, 0.2) is 0 Å². The summed E-state index contributed by atoms with van der Waals surface area (Å²) in [4.78, 5) is 10.8. The van der Waals surface area contributed by atoms with Crippen molar-refractivity contribution in [2.45, 2.75) is 13.3 Å². The number of hydrogen-bond donors (Lipinski definition) is 1. The van der Waals surface area contributed by atoms with Crippen LogP contribution in [-0.4, -0.2) is 29.6 Å². The third-order valence-corrected chi connectivity index (χ3v) is 2.16. The van der Waals surface area contributed by atoms with E-state index in [2.05, 4.69) is 20.2 Å². The second kappa shape index (κ2) is 3.60. The summed E-state index contributed by atoms with van der Waals surface area (Å²) in [6.45, 7) is 5.16. The van der Waals surface area contributed by atoms with Crippen LogP contribution in [-0.2, 0) is 0 Å². The summed E-state index contributed by atoms with van der Waals surface area (Å²) in [5, 5.41) is 3.10. The molecule has 2 rings (SSSR count). The van der Waals surface area contributed by atoms with E-state index in [0.29, 0.717) is 0 Å².